The summed E-state index contributed by atoms with van der Waals surface area (Å²) in [6.07, 6.45) is 1.29. The molecule has 2 unspecified atom stereocenters. The van der Waals surface area contributed by atoms with Crippen LogP contribution in [0, 0.1) is 5.92 Å². The predicted octanol–water partition coefficient (Wildman–Crippen LogP) is -0.293. The van der Waals surface area contributed by atoms with Crippen LogP contribution in [-0.2, 0) is 4.79 Å². The van der Waals surface area contributed by atoms with Gasteiger partial charge in [0.15, 0.2) is 0 Å². The van der Waals surface area contributed by atoms with Crippen LogP contribution in [0.25, 0.3) is 0 Å². The molecule has 1 rings (SSSR count). The Bertz CT molecular complexity index is 114. The highest BCUT2D eigenvalue weighted by Crippen LogP contribution is 2.22. The summed E-state index contributed by atoms with van der Waals surface area (Å²) in [5.41, 5.74) is 0. The van der Waals surface area contributed by atoms with Crippen LogP contribution in [0.2, 0.25) is 0 Å². The lowest BCUT2D eigenvalue weighted by atomic mass is 9.86. The fourth-order valence-corrected chi connectivity index (χ4v) is 1.41. The van der Waals surface area contributed by atoms with Crippen molar-refractivity contribution in [3.63, 3.8) is 0 Å². The predicted molar refractivity (Wildman–Crippen MR) is 35.4 cm³/mol. The Morgan fingerprint density at radius 3 is 2.00 bits per heavy atom. The second-order valence-corrected chi connectivity index (χ2v) is 2.91. The summed E-state index contributed by atoms with van der Waals surface area (Å²) in [7, 11) is 0. The Balaban J connectivity index is 2.42. The van der Waals surface area contributed by atoms with Crippen LogP contribution in [0.1, 0.15) is 19.3 Å². The first-order valence-corrected chi connectivity index (χ1v) is 3.53. The minimum atomic E-state index is -0.487. The summed E-state index contributed by atoms with van der Waals surface area (Å²) in [6.45, 7) is 0. The van der Waals surface area contributed by atoms with Gasteiger partial charge < -0.3 is 15.0 Å². The van der Waals surface area contributed by atoms with Crippen LogP contribution in [0.3, 0.4) is 0 Å². The second-order valence-electron chi connectivity index (χ2n) is 2.91. The molecule has 0 heterocycles. The van der Waals surface area contributed by atoms with Crippen molar-refractivity contribution in [3.8, 4) is 0 Å². The topological polar surface area (TPSA) is 57.5 Å². The summed E-state index contributed by atoms with van der Waals surface area (Å²) < 4.78 is 0. The van der Waals surface area contributed by atoms with Crippen LogP contribution in [0.15, 0.2) is 0 Å². The number of hydrogen-bond acceptors (Lipinski definition) is 3. The quantitative estimate of drug-likeness (QED) is 0.497. The molecular weight excluding hydrogens is 132 g/mol. The number of hydrogen-bond donors (Lipinski definition) is 2. The molecule has 1 aliphatic rings. The first-order chi connectivity index (χ1) is 4.72. The minimum Gasteiger partial charge on any atom is -0.393 e. The maximum absolute atomic E-state index is 10.2. The zero-order valence-corrected chi connectivity index (χ0v) is 5.73. The molecule has 3 heteroatoms. The van der Waals surface area contributed by atoms with E-state index in [0.717, 1.165) is 6.29 Å². The molecule has 0 aromatic carbocycles. The highest BCUT2D eigenvalue weighted by atomic mass is 16.3. The lowest BCUT2D eigenvalue weighted by Gasteiger charge is -2.25. The second kappa shape index (κ2) is 3.12. The van der Waals surface area contributed by atoms with Gasteiger partial charge in [0.05, 0.1) is 12.2 Å². The fourth-order valence-electron chi connectivity index (χ4n) is 1.41. The summed E-state index contributed by atoms with van der Waals surface area (Å²) >= 11 is 0. The van der Waals surface area contributed by atoms with Gasteiger partial charge >= 0.3 is 0 Å². The van der Waals surface area contributed by atoms with Gasteiger partial charge in [-0.3, -0.25) is 0 Å². The van der Waals surface area contributed by atoms with Gasteiger partial charge in [-0.15, -0.1) is 0 Å². The Morgan fingerprint density at radius 1 is 1.10 bits per heavy atom. The molecule has 1 fully saturated rings. The van der Waals surface area contributed by atoms with Crippen LogP contribution < -0.4 is 0 Å². The molecule has 0 aromatic heterocycles. The number of carbonyl (C=O) groups excluding carboxylic acids is 1. The molecule has 3 nitrogen and oxygen atoms in total. The molecular formula is C7H12O3. The van der Waals surface area contributed by atoms with Crippen molar-refractivity contribution in [1.29, 1.82) is 0 Å². The Morgan fingerprint density at radius 2 is 1.60 bits per heavy atom. The maximum atomic E-state index is 10.2. The van der Waals surface area contributed by atoms with E-state index in [9.17, 15) is 4.79 Å². The van der Waals surface area contributed by atoms with Crippen LogP contribution in [0.5, 0.6) is 0 Å². The zero-order valence-electron chi connectivity index (χ0n) is 5.73. The molecule has 2 N–H and O–H groups in total. The first kappa shape index (κ1) is 7.69. The van der Waals surface area contributed by atoms with E-state index in [1.54, 1.807) is 0 Å². The van der Waals surface area contributed by atoms with E-state index in [0.29, 0.717) is 19.3 Å². The number of aldehydes is 1. The highest BCUT2D eigenvalue weighted by Gasteiger charge is 2.25. The summed E-state index contributed by atoms with van der Waals surface area (Å²) in [6, 6.07) is 0. The standard InChI is InChI=1S/C7H12O3/c8-4-5-1-6(9)3-7(10)2-5/h4-7,9-10H,1-3H2. The largest absolute Gasteiger partial charge is 0.393 e. The molecule has 0 aliphatic heterocycles. The average Bonchev–Trinajstić information content (AvgIpc) is 1.85. The average molecular weight is 144 g/mol. The van der Waals surface area contributed by atoms with E-state index in [2.05, 4.69) is 0 Å². The van der Waals surface area contributed by atoms with Gasteiger partial charge in [0, 0.05) is 5.92 Å². The lowest BCUT2D eigenvalue weighted by molar-refractivity contribution is -0.115. The van der Waals surface area contributed by atoms with Crippen molar-refractivity contribution in [2.45, 2.75) is 31.5 Å². The first-order valence-electron chi connectivity index (χ1n) is 3.53. The SMILES string of the molecule is O=CC1CC(O)CC(O)C1. The van der Waals surface area contributed by atoms with Crippen molar-refractivity contribution < 1.29 is 15.0 Å². The third kappa shape index (κ3) is 1.78. The van der Waals surface area contributed by atoms with E-state index in [-0.39, 0.29) is 5.92 Å². The number of carbonyl (C=O) groups is 1. The normalized spacial score (nSPS) is 41.2. The zero-order chi connectivity index (χ0) is 7.56. The van der Waals surface area contributed by atoms with Crippen LogP contribution in [0.4, 0.5) is 0 Å². The Kier molecular flexibility index (Phi) is 2.40. The summed E-state index contributed by atoms with van der Waals surface area (Å²) in [4.78, 5) is 10.2. The summed E-state index contributed by atoms with van der Waals surface area (Å²) in [5.74, 6) is -0.140. The smallest absolute Gasteiger partial charge is 0.123 e. The monoisotopic (exact) mass is 144 g/mol. The van der Waals surface area contributed by atoms with Crippen molar-refractivity contribution in [3.05, 3.63) is 0 Å². The van der Waals surface area contributed by atoms with Crippen LogP contribution in [-0.4, -0.2) is 28.7 Å². The van der Waals surface area contributed by atoms with Gasteiger partial charge in [-0.1, -0.05) is 0 Å². The molecule has 2 atom stereocenters. The van der Waals surface area contributed by atoms with E-state index < -0.39 is 12.2 Å². The van der Waals surface area contributed by atoms with Gasteiger partial charge in [-0.05, 0) is 19.3 Å². The third-order valence-corrected chi connectivity index (χ3v) is 1.89. The van der Waals surface area contributed by atoms with E-state index >= 15 is 0 Å². The highest BCUT2D eigenvalue weighted by molar-refractivity contribution is 5.53. The Hall–Kier alpha value is -0.410. The molecule has 0 radical (unpaired) electrons. The van der Waals surface area contributed by atoms with E-state index in [4.69, 9.17) is 10.2 Å². The molecule has 1 saturated carbocycles. The number of rotatable bonds is 1. The lowest BCUT2D eigenvalue weighted by Crippen LogP contribution is -2.30. The molecule has 0 aromatic rings. The van der Waals surface area contributed by atoms with Gasteiger partial charge in [-0.25, -0.2) is 0 Å². The molecule has 1 aliphatic carbocycles. The molecule has 10 heavy (non-hydrogen) atoms. The van der Waals surface area contributed by atoms with E-state index in [1.165, 1.54) is 0 Å². The third-order valence-electron chi connectivity index (χ3n) is 1.89. The fraction of sp³-hybridized carbons (Fsp3) is 0.857. The van der Waals surface area contributed by atoms with Gasteiger partial charge in [0.1, 0.15) is 6.29 Å². The van der Waals surface area contributed by atoms with Gasteiger partial charge in [-0.2, -0.15) is 0 Å². The molecule has 0 spiro atoms. The van der Waals surface area contributed by atoms with Gasteiger partial charge in [0.2, 0.25) is 0 Å². The molecule has 0 bridgehead atoms. The minimum absolute atomic E-state index is 0.140. The maximum Gasteiger partial charge on any atom is 0.123 e. The van der Waals surface area contributed by atoms with Crippen molar-refractivity contribution in [1.82, 2.24) is 0 Å². The van der Waals surface area contributed by atoms with E-state index in [1.807, 2.05) is 0 Å². The summed E-state index contributed by atoms with van der Waals surface area (Å²) in [5, 5.41) is 18.1. The van der Waals surface area contributed by atoms with Crippen molar-refractivity contribution >= 4 is 6.29 Å². The van der Waals surface area contributed by atoms with Gasteiger partial charge in [0.25, 0.3) is 0 Å². The Labute approximate surface area is 59.7 Å². The van der Waals surface area contributed by atoms with Crippen molar-refractivity contribution in [2.24, 2.45) is 5.92 Å². The molecule has 0 amide bonds. The van der Waals surface area contributed by atoms with Crippen molar-refractivity contribution in [2.75, 3.05) is 0 Å². The number of aliphatic hydroxyl groups excluding tert-OH is 2. The number of aliphatic hydroxyl groups is 2. The van der Waals surface area contributed by atoms with Crippen LogP contribution >= 0.6 is 0 Å². The molecule has 0 saturated heterocycles. The molecule has 58 valence electrons.